The molecule has 2 amide bonds. The summed E-state index contributed by atoms with van der Waals surface area (Å²) in [4.78, 5) is 54.6. The number of ether oxygens (including phenoxy) is 4. The van der Waals surface area contributed by atoms with E-state index in [0.717, 1.165) is 15.4 Å². The van der Waals surface area contributed by atoms with Crippen LogP contribution in [-0.2, 0) is 48.1 Å². The summed E-state index contributed by atoms with van der Waals surface area (Å²) in [5.74, 6) is -1.27. The molecule has 0 spiro atoms. The summed E-state index contributed by atoms with van der Waals surface area (Å²) >= 11 is 3.49. The highest BCUT2D eigenvalue weighted by molar-refractivity contribution is 9.10. The van der Waals surface area contributed by atoms with E-state index in [4.69, 9.17) is 18.9 Å². The van der Waals surface area contributed by atoms with E-state index in [1.54, 1.807) is 85.2 Å². The predicted octanol–water partition coefficient (Wildman–Crippen LogP) is 7.57. The zero-order valence-corrected chi connectivity index (χ0v) is 29.0. The van der Waals surface area contributed by atoms with Crippen molar-refractivity contribution in [3.05, 3.63) is 70.3 Å². The van der Waals surface area contributed by atoms with E-state index in [-0.39, 0.29) is 19.6 Å². The average molecular weight is 688 g/mol. The number of imide groups is 1. The molecular weight excluding hydrogens is 644 g/mol. The van der Waals surface area contributed by atoms with E-state index in [1.807, 2.05) is 36.4 Å². The monoisotopic (exact) mass is 686 g/mol. The number of hydrogen-bond donors (Lipinski definition) is 0. The molecule has 0 aliphatic carbocycles. The van der Waals surface area contributed by atoms with Gasteiger partial charge in [-0.15, -0.1) is 0 Å². The lowest BCUT2D eigenvalue weighted by atomic mass is 10.1. The van der Waals surface area contributed by atoms with E-state index < -0.39 is 47.0 Å². The molecule has 0 N–H and O–H groups in total. The van der Waals surface area contributed by atoms with Crippen molar-refractivity contribution in [1.29, 1.82) is 0 Å². The summed E-state index contributed by atoms with van der Waals surface area (Å²) < 4.78 is 24.9. The number of nitrogens with zero attached hydrogens (tertiary/aromatic N) is 2. The molecule has 3 rings (SSSR count). The van der Waals surface area contributed by atoms with Gasteiger partial charge in [-0.3, -0.25) is 4.79 Å². The minimum absolute atomic E-state index is 0.0395. The fraction of sp³-hybridized carbons (Fsp3) is 0.471. The van der Waals surface area contributed by atoms with Gasteiger partial charge in [-0.25, -0.2) is 14.4 Å². The Bertz CT molecular complexity index is 1500. The van der Waals surface area contributed by atoms with Crippen LogP contribution >= 0.6 is 15.9 Å². The quantitative estimate of drug-likeness (QED) is 0.176. The third-order valence-corrected chi connectivity index (χ3v) is 6.53. The van der Waals surface area contributed by atoms with Crippen LogP contribution in [0.25, 0.3) is 10.9 Å². The van der Waals surface area contributed by atoms with E-state index in [2.05, 4.69) is 15.9 Å². The van der Waals surface area contributed by atoms with Gasteiger partial charge in [0.05, 0.1) is 13.0 Å². The van der Waals surface area contributed by atoms with Crippen molar-refractivity contribution in [3.63, 3.8) is 0 Å². The maximum Gasteiger partial charge on any atom is 0.420 e. The SMILES string of the molecule is CC(C)(C)OC(=O)Cc1cn(CC(C(=O)OCc2ccccc2)N(C(=O)OC(C)(C)C)C(=O)OC(C)(C)C)c2ccc(Br)cc12. The molecule has 0 saturated carbocycles. The van der Waals surface area contributed by atoms with Crippen molar-refractivity contribution in [2.45, 2.75) is 105 Å². The zero-order valence-electron chi connectivity index (χ0n) is 27.4. The lowest BCUT2D eigenvalue weighted by molar-refractivity contribution is -0.154. The van der Waals surface area contributed by atoms with Gasteiger partial charge in [-0.1, -0.05) is 46.3 Å². The molecule has 1 unspecified atom stereocenters. The zero-order chi connectivity index (χ0) is 33.7. The fourth-order valence-electron chi connectivity index (χ4n) is 4.39. The van der Waals surface area contributed by atoms with Gasteiger partial charge >= 0.3 is 24.1 Å². The summed E-state index contributed by atoms with van der Waals surface area (Å²) in [6, 6.07) is 13.0. The van der Waals surface area contributed by atoms with Crippen LogP contribution in [0.15, 0.2) is 59.2 Å². The summed E-state index contributed by atoms with van der Waals surface area (Å²) in [5, 5.41) is 0.729. The summed E-state index contributed by atoms with van der Waals surface area (Å²) in [6.45, 7) is 15.0. The first-order valence-corrected chi connectivity index (χ1v) is 15.5. The first-order chi connectivity index (χ1) is 20.7. The molecule has 244 valence electrons. The van der Waals surface area contributed by atoms with Crippen LogP contribution < -0.4 is 0 Å². The van der Waals surface area contributed by atoms with Gasteiger partial charge in [0.25, 0.3) is 0 Å². The highest BCUT2D eigenvalue weighted by Crippen LogP contribution is 2.28. The van der Waals surface area contributed by atoms with Gasteiger partial charge in [-0.2, -0.15) is 4.90 Å². The van der Waals surface area contributed by atoms with Crippen LogP contribution in [0, 0.1) is 0 Å². The first-order valence-electron chi connectivity index (χ1n) is 14.7. The molecule has 11 heteroatoms. The number of rotatable bonds is 8. The van der Waals surface area contributed by atoms with E-state index in [1.165, 1.54) is 0 Å². The van der Waals surface area contributed by atoms with Crippen molar-refractivity contribution in [3.8, 4) is 0 Å². The Morgan fingerprint density at radius 3 is 1.89 bits per heavy atom. The number of hydrogen-bond acceptors (Lipinski definition) is 8. The van der Waals surface area contributed by atoms with Crippen LogP contribution in [-0.4, -0.2) is 56.4 Å². The molecule has 45 heavy (non-hydrogen) atoms. The van der Waals surface area contributed by atoms with Crippen molar-refractivity contribution >= 4 is 51.0 Å². The van der Waals surface area contributed by atoms with Gasteiger partial charge in [0.1, 0.15) is 23.4 Å². The molecule has 10 nitrogen and oxygen atoms in total. The lowest BCUT2D eigenvalue weighted by Crippen LogP contribution is -2.53. The standard InChI is InChI=1S/C34H43BrN2O8/c1-32(2,3)43-28(38)17-23-19-36(26-16-15-24(35)18-25(23)26)20-27(29(39)42-21-22-13-11-10-12-14-22)37(30(40)44-33(4,5)6)31(41)45-34(7,8)9/h10-16,18-19,27H,17,20-21H2,1-9H3. The highest BCUT2D eigenvalue weighted by atomic mass is 79.9. The highest BCUT2D eigenvalue weighted by Gasteiger charge is 2.42. The molecular formula is C34H43BrN2O8. The summed E-state index contributed by atoms with van der Waals surface area (Å²) in [7, 11) is 0. The number of esters is 2. The molecule has 1 atom stereocenters. The molecule has 0 aliphatic rings. The van der Waals surface area contributed by atoms with Gasteiger partial charge in [-0.05, 0) is 91.6 Å². The predicted molar refractivity (Wildman–Crippen MR) is 174 cm³/mol. The van der Waals surface area contributed by atoms with Crippen LogP contribution in [0.4, 0.5) is 9.59 Å². The molecule has 0 aliphatic heterocycles. The Morgan fingerprint density at radius 1 is 0.800 bits per heavy atom. The Balaban J connectivity index is 2.11. The van der Waals surface area contributed by atoms with E-state index >= 15 is 0 Å². The average Bonchev–Trinajstić information content (AvgIpc) is 3.19. The molecule has 1 aromatic heterocycles. The number of aromatic nitrogens is 1. The van der Waals surface area contributed by atoms with Crippen molar-refractivity contribution < 1.29 is 38.1 Å². The molecule has 0 bridgehead atoms. The van der Waals surface area contributed by atoms with Crippen LogP contribution in [0.5, 0.6) is 0 Å². The largest absolute Gasteiger partial charge is 0.460 e. The molecule has 0 radical (unpaired) electrons. The second kappa shape index (κ2) is 14.1. The minimum Gasteiger partial charge on any atom is -0.460 e. The first kappa shape index (κ1) is 35.6. The fourth-order valence-corrected chi connectivity index (χ4v) is 4.75. The summed E-state index contributed by atoms with van der Waals surface area (Å²) in [5.41, 5.74) is -0.623. The van der Waals surface area contributed by atoms with Crippen molar-refractivity contribution in [2.75, 3.05) is 0 Å². The summed E-state index contributed by atoms with van der Waals surface area (Å²) in [6.07, 6.45) is -0.457. The second-order valence-electron chi connectivity index (χ2n) is 13.7. The Kier molecular flexibility index (Phi) is 11.1. The smallest absolute Gasteiger partial charge is 0.420 e. The Hall–Kier alpha value is -3.86. The molecule has 0 fully saturated rings. The van der Waals surface area contributed by atoms with E-state index in [9.17, 15) is 19.2 Å². The Morgan fingerprint density at radius 2 is 1.36 bits per heavy atom. The third kappa shape index (κ3) is 10.9. The van der Waals surface area contributed by atoms with Crippen LogP contribution in [0.2, 0.25) is 0 Å². The van der Waals surface area contributed by atoms with Gasteiger partial charge in [0, 0.05) is 21.6 Å². The van der Waals surface area contributed by atoms with Gasteiger partial charge in [0.15, 0.2) is 6.04 Å². The third-order valence-electron chi connectivity index (χ3n) is 6.04. The normalized spacial score (nSPS) is 12.8. The maximum atomic E-state index is 13.9. The number of carbonyl (C=O) groups excluding carboxylic acids is 4. The minimum atomic E-state index is -1.49. The maximum absolute atomic E-state index is 13.9. The van der Waals surface area contributed by atoms with Gasteiger partial charge < -0.3 is 23.5 Å². The van der Waals surface area contributed by atoms with Crippen LogP contribution in [0.3, 0.4) is 0 Å². The number of halogens is 1. The Labute approximate surface area is 273 Å². The van der Waals surface area contributed by atoms with Gasteiger partial charge in [0.2, 0.25) is 0 Å². The van der Waals surface area contributed by atoms with Crippen LogP contribution in [0.1, 0.15) is 73.4 Å². The number of fused-ring (bicyclic) bond motifs is 1. The molecule has 1 heterocycles. The lowest BCUT2D eigenvalue weighted by Gasteiger charge is -2.32. The molecule has 2 aromatic carbocycles. The van der Waals surface area contributed by atoms with Crippen molar-refractivity contribution in [2.24, 2.45) is 0 Å². The number of carbonyl (C=O) groups is 4. The number of amides is 2. The molecule has 0 saturated heterocycles. The number of benzene rings is 2. The second-order valence-corrected chi connectivity index (χ2v) is 14.6. The topological polar surface area (TPSA) is 113 Å². The van der Waals surface area contributed by atoms with E-state index in [0.29, 0.717) is 16.0 Å². The molecule has 3 aromatic rings. The van der Waals surface area contributed by atoms with Crippen molar-refractivity contribution in [1.82, 2.24) is 9.47 Å².